The van der Waals surface area contributed by atoms with Crippen LogP contribution in [0.1, 0.15) is 35.8 Å². The zero-order valence-corrected chi connectivity index (χ0v) is 17.6. The van der Waals surface area contributed by atoms with Crippen LogP contribution in [0.25, 0.3) is 10.1 Å². The van der Waals surface area contributed by atoms with Crippen molar-refractivity contribution in [2.75, 3.05) is 4.72 Å². The van der Waals surface area contributed by atoms with Crippen molar-refractivity contribution in [3.8, 4) is 0 Å². The fourth-order valence-corrected chi connectivity index (χ4v) is 6.54. The Bertz CT molecular complexity index is 1210. The van der Waals surface area contributed by atoms with Gasteiger partial charge in [0.15, 0.2) is 5.43 Å². The summed E-state index contributed by atoms with van der Waals surface area (Å²) < 4.78 is 29.0. The van der Waals surface area contributed by atoms with E-state index in [1.165, 1.54) is 0 Å². The fourth-order valence-electron chi connectivity index (χ4n) is 3.89. The van der Waals surface area contributed by atoms with Crippen LogP contribution in [0.2, 0.25) is 0 Å². The molecule has 1 aliphatic rings. The minimum atomic E-state index is -3.68. The lowest BCUT2D eigenvalue weighted by Gasteiger charge is -2.22. The smallest absolute Gasteiger partial charge is 0.262 e. The van der Waals surface area contributed by atoms with Crippen molar-refractivity contribution < 1.29 is 8.42 Å². The van der Waals surface area contributed by atoms with Crippen LogP contribution in [0.15, 0.2) is 52.2 Å². The van der Waals surface area contributed by atoms with Gasteiger partial charge in [0.1, 0.15) is 0 Å². The van der Waals surface area contributed by atoms with Crippen molar-refractivity contribution in [2.45, 2.75) is 44.4 Å². The molecular formula is C22H23NO3S2. The highest BCUT2D eigenvalue weighted by Crippen LogP contribution is 2.33. The lowest BCUT2D eigenvalue weighted by molar-refractivity contribution is 0.448. The summed E-state index contributed by atoms with van der Waals surface area (Å²) in [6, 6.07) is 12.1. The van der Waals surface area contributed by atoms with Crippen LogP contribution >= 0.6 is 11.3 Å². The van der Waals surface area contributed by atoms with E-state index < -0.39 is 10.0 Å². The molecule has 1 aromatic heterocycles. The third kappa shape index (κ3) is 3.47. The van der Waals surface area contributed by atoms with Gasteiger partial charge < -0.3 is 0 Å². The summed E-state index contributed by atoms with van der Waals surface area (Å²) in [5.41, 5.74) is 2.23. The van der Waals surface area contributed by atoms with Crippen molar-refractivity contribution in [3.05, 3.63) is 68.7 Å². The standard InChI is InChI=1S/C22H23NO3S2/c1-3-15-8-10-17-19(12-15)27-20-13-16(9-11-18(20)22(17)24)23-28(25,26)21-7-5-4-6-14(21)2/h4-7,9,11,13,15,23H,3,8,10,12H2,1-2H3. The molecule has 2 aromatic carbocycles. The predicted octanol–water partition coefficient (Wildman–Crippen LogP) is 4.89. The summed E-state index contributed by atoms with van der Waals surface area (Å²) in [6.07, 6.45) is 3.99. The first-order valence-corrected chi connectivity index (χ1v) is 11.9. The molecule has 4 rings (SSSR count). The molecule has 0 spiro atoms. The predicted molar refractivity (Wildman–Crippen MR) is 116 cm³/mol. The molecule has 0 bridgehead atoms. The number of sulfonamides is 1. The van der Waals surface area contributed by atoms with Gasteiger partial charge in [-0.1, -0.05) is 31.5 Å². The molecule has 146 valence electrons. The lowest BCUT2D eigenvalue weighted by atomic mass is 9.87. The van der Waals surface area contributed by atoms with E-state index in [4.69, 9.17) is 0 Å². The van der Waals surface area contributed by atoms with E-state index in [-0.39, 0.29) is 10.3 Å². The zero-order valence-electron chi connectivity index (χ0n) is 16.0. The molecule has 1 atom stereocenters. The third-order valence-corrected chi connectivity index (χ3v) is 8.32. The van der Waals surface area contributed by atoms with Crippen molar-refractivity contribution in [2.24, 2.45) is 5.92 Å². The van der Waals surface area contributed by atoms with Gasteiger partial charge in [0.05, 0.1) is 10.6 Å². The summed E-state index contributed by atoms with van der Waals surface area (Å²) in [5, 5.41) is 0.678. The van der Waals surface area contributed by atoms with Gasteiger partial charge in [-0.05, 0) is 61.9 Å². The van der Waals surface area contributed by atoms with E-state index in [1.807, 2.05) is 6.07 Å². The molecular weight excluding hydrogens is 390 g/mol. The minimum absolute atomic E-state index is 0.103. The number of rotatable bonds is 4. The van der Waals surface area contributed by atoms with Crippen LogP contribution in [0.4, 0.5) is 5.69 Å². The molecule has 0 fully saturated rings. The molecule has 0 aliphatic heterocycles. The van der Waals surface area contributed by atoms with Crippen molar-refractivity contribution >= 4 is 37.1 Å². The number of fused-ring (bicyclic) bond motifs is 2. The first-order valence-electron chi connectivity index (χ1n) is 9.56. The number of aryl methyl sites for hydroxylation is 1. The average molecular weight is 414 g/mol. The molecule has 0 saturated carbocycles. The van der Waals surface area contributed by atoms with E-state index in [0.717, 1.165) is 40.8 Å². The van der Waals surface area contributed by atoms with Gasteiger partial charge in [0.25, 0.3) is 10.0 Å². The van der Waals surface area contributed by atoms with Gasteiger partial charge in [-0.25, -0.2) is 8.42 Å². The molecule has 1 aliphatic carbocycles. The SMILES string of the molecule is CCC1CCc2c(sc3cc(NS(=O)(=O)c4ccccc4C)ccc3c2=O)C1. The number of nitrogens with one attached hydrogen (secondary N) is 1. The van der Waals surface area contributed by atoms with E-state index in [9.17, 15) is 13.2 Å². The maximum atomic E-state index is 12.9. The van der Waals surface area contributed by atoms with Crippen LogP contribution in [0.5, 0.6) is 0 Å². The Morgan fingerprint density at radius 1 is 1.18 bits per heavy atom. The van der Waals surface area contributed by atoms with Crippen molar-refractivity contribution in [1.82, 2.24) is 0 Å². The van der Waals surface area contributed by atoms with E-state index in [1.54, 1.807) is 54.7 Å². The maximum absolute atomic E-state index is 12.9. The molecule has 6 heteroatoms. The first kappa shape index (κ1) is 19.2. The normalized spacial score (nSPS) is 16.7. The molecule has 0 radical (unpaired) electrons. The van der Waals surface area contributed by atoms with E-state index >= 15 is 0 Å². The van der Waals surface area contributed by atoms with Gasteiger partial charge in [-0.2, -0.15) is 0 Å². The van der Waals surface area contributed by atoms with E-state index in [0.29, 0.717) is 22.6 Å². The van der Waals surface area contributed by atoms with Gasteiger partial charge in [0, 0.05) is 20.5 Å². The Balaban J connectivity index is 1.74. The quantitative estimate of drug-likeness (QED) is 0.663. The van der Waals surface area contributed by atoms with Crippen LogP contribution in [0, 0.1) is 12.8 Å². The Labute approximate surface area is 169 Å². The van der Waals surface area contributed by atoms with Gasteiger partial charge >= 0.3 is 0 Å². The number of benzene rings is 2. The molecule has 1 N–H and O–H groups in total. The second kappa shape index (κ2) is 7.33. The minimum Gasteiger partial charge on any atom is -0.289 e. The molecule has 1 heterocycles. The van der Waals surface area contributed by atoms with Crippen LogP contribution < -0.4 is 10.2 Å². The summed E-state index contributed by atoms with van der Waals surface area (Å²) in [6.45, 7) is 3.97. The number of hydrogen-bond donors (Lipinski definition) is 1. The van der Waals surface area contributed by atoms with Crippen LogP contribution in [-0.2, 0) is 22.9 Å². The highest BCUT2D eigenvalue weighted by molar-refractivity contribution is 7.92. The van der Waals surface area contributed by atoms with Crippen molar-refractivity contribution in [1.29, 1.82) is 0 Å². The number of anilines is 1. The molecule has 1 unspecified atom stereocenters. The second-order valence-corrected chi connectivity index (χ2v) is 10.2. The highest BCUT2D eigenvalue weighted by atomic mass is 32.2. The molecule has 3 aromatic rings. The molecule has 0 saturated heterocycles. The lowest BCUT2D eigenvalue weighted by Crippen LogP contribution is -2.20. The Morgan fingerprint density at radius 2 is 1.96 bits per heavy atom. The molecule has 4 nitrogen and oxygen atoms in total. The van der Waals surface area contributed by atoms with E-state index in [2.05, 4.69) is 11.6 Å². The van der Waals surface area contributed by atoms with Gasteiger partial charge in [0.2, 0.25) is 0 Å². The fraction of sp³-hybridized carbons (Fsp3) is 0.318. The average Bonchev–Trinajstić information content (AvgIpc) is 2.67. The summed E-state index contributed by atoms with van der Waals surface area (Å²) in [4.78, 5) is 14.3. The van der Waals surface area contributed by atoms with Crippen molar-refractivity contribution in [3.63, 3.8) is 0 Å². The largest absolute Gasteiger partial charge is 0.289 e. The zero-order chi connectivity index (χ0) is 19.9. The van der Waals surface area contributed by atoms with Crippen LogP contribution in [-0.4, -0.2) is 8.42 Å². The second-order valence-electron chi connectivity index (χ2n) is 7.43. The van der Waals surface area contributed by atoms with Gasteiger partial charge in [-0.3, -0.25) is 9.52 Å². The summed E-state index contributed by atoms with van der Waals surface area (Å²) >= 11 is 1.63. The third-order valence-electron chi connectivity index (χ3n) is 5.56. The molecule has 0 amide bonds. The summed E-state index contributed by atoms with van der Waals surface area (Å²) in [7, 11) is -3.68. The molecule has 28 heavy (non-hydrogen) atoms. The van der Waals surface area contributed by atoms with Gasteiger partial charge in [-0.15, -0.1) is 11.3 Å². The van der Waals surface area contributed by atoms with Crippen LogP contribution in [0.3, 0.4) is 0 Å². The topological polar surface area (TPSA) is 63.2 Å². The Morgan fingerprint density at radius 3 is 2.71 bits per heavy atom. The highest BCUT2D eigenvalue weighted by Gasteiger charge is 2.22. The first-order chi connectivity index (χ1) is 13.4. The maximum Gasteiger partial charge on any atom is 0.262 e. The monoisotopic (exact) mass is 413 g/mol. The Hall–Kier alpha value is -2.18. The number of hydrogen-bond acceptors (Lipinski definition) is 4. The summed E-state index contributed by atoms with van der Waals surface area (Å²) in [5.74, 6) is 0.628. The Kier molecular flexibility index (Phi) is 5.02.